The van der Waals surface area contributed by atoms with E-state index in [9.17, 15) is 0 Å². The number of nitrogens with zero attached hydrogens (tertiary/aromatic N) is 3. The summed E-state index contributed by atoms with van der Waals surface area (Å²) >= 11 is 5.69. The molecule has 0 bridgehead atoms. The molecule has 0 spiro atoms. The Kier molecular flexibility index (Phi) is 5.36. The van der Waals surface area contributed by atoms with Crippen LogP contribution in [0.5, 0.6) is 0 Å². The lowest BCUT2D eigenvalue weighted by Crippen LogP contribution is -2.20. The zero-order valence-corrected chi connectivity index (χ0v) is 9.61. The molecule has 1 heterocycles. The fourth-order valence-corrected chi connectivity index (χ4v) is 1.34. The van der Waals surface area contributed by atoms with Gasteiger partial charge in [0.1, 0.15) is 0 Å². The molecule has 0 atom stereocenters. The molecule has 0 fully saturated rings. The van der Waals surface area contributed by atoms with E-state index in [1.54, 1.807) is 12.4 Å². The van der Waals surface area contributed by atoms with Gasteiger partial charge >= 0.3 is 0 Å². The fraction of sp³-hybridized carbons (Fsp3) is 0.600. The van der Waals surface area contributed by atoms with Gasteiger partial charge in [-0.25, -0.2) is 9.97 Å². The monoisotopic (exact) mass is 229 g/mol. The van der Waals surface area contributed by atoms with E-state index in [0.717, 1.165) is 25.8 Å². The van der Waals surface area contributed by atoms with E-state index in [-0.39, 0.29) is 6.61 Å². The summed E-state index contributed by atoms with van der Waals surface area (Å²) < 4.78 is 0. The number of aliphatic hydroxyl groups is 1. The maximum absolute atomic E-state index is 8.63. The van der Waals surface area contributed by atoms with Crippen molar-refractivity contribution in [2.24, 2.45) is 0 Å². The Bertz CT molecular complexity index is 279. The van der Waals surface area contributed by atoms with Crippen LogP contribution in [0, 0.1) is 0 Å². The molecule has 5 heteroatoms. The second-order valence-corrected chi connectivity index (χ2v) is 3.84. The van der Waals surface area contributed by atoms with Gasteiger partial charge in [0.05, 0.1) is 17.4 Å². The van der Waals surface area contributed by atoms with E-state index < -0.39 is 0 Å². The molecule has 0 aliphatic heterocycles. The van der Waals surface area contributed by atoms with Gasteiger partial charge < -0.3 is 10.0 Å². The Labute approximate surface area is 94.9 Å². The largest absolute Gasteiger partial charge is 0.396 e. The minimum absolute atomic E-state index is 0.265. The van der Waals surface area contributed by atoms with Gasteiger partial charge in [0, 0.05) is 20.2 Å². The first kappa shape index (κ1) is 12.2. The third-order valence-corrected chi connectivity index (χ3v) is 2.29. The smallest absolute Gasteiger partial charge is 0.225 e. The third kappa shape index (κ3) is 4.44. The molecule has 4 nitrogen and oxygen atoms in total. The van der Waals surface area contributed by atoms with E-state index in [2.05, 4.69) is 9.97 Å². The number of hydrogen-bond donors (Lipinski definition) is 1. The zero-order valence-electron chi connectivity index (χ0n) is 8.86. The SMILES string of the molecule is CN(CCCCCO)c1ncc(Cl)cn1. The van der Waals surface area contributed by atoms with Crippen LogP contribution in [0.25, 0.3) is 0 Å². The molecule has 0 amide bonds. The lowest BCUT2D eigenvalue weighted by atomic mass is 10.2. The van der Waals surface area contributed by atoms with Crippen LogP contribution >= 0.6 is 11.6 Å². The lowest BCUT2D eigenvalue weighted by Gasteiger charge is -2.16. The highest BCUT2D eigenvalue weighted by atomic mass is 35.5. The highest BCUT2D eigenvalue weighted by molar-refractivity contribution is 6.30. The van der Waals surface area contributed by atoms with Crippen molar-refractivity contribution in [3.63, 3.8) is 0 Å². The summed E-state index contributed by atoms with van der Waals surface area (Å²) in [5.74, 6) is 0.684. The normalized spacial score (nSPS) is 10.3. The van der Waals surface area contributed by atoms with Crippen molar-refractivity contribution >= 4 is 17.5 Å². The maximum Gasteiger partial charge on any atom is 0.225 e. The average molecular weight is 230 g/mol. The molecule has 0 aliphatic carbocycles. The second-order valence-electron chi connectivity index (χ2n) is 3.41. The summed E-state index contributed by atoms with van der Waals surface area (Å²) in [6.07, 6.45) is 6.09. The van der Waals surface area contributed by atoms with Crippen molar-refractivity contribution in [3.05, 3.63) is 17.4 Å². The first-order valence-electron chi connectivity index (χ1n) is 5.03. The van der Waals surface area contributed by atoms with Crippen molar-refractivity contribution in [2.45, 2.75) is 19.3 Å². The Balaban J connectivity index is 2.33. The number of anilines is 1. The minimum atomic E-state index is 0.265. The van der Waals surface area contributed by atoms with Crippen LogP contribution in [0.4, 0.5) is 5.95 Å². The molecule has 1 N–H and O–H groups in total. The maximum atomic E-state index is 8.63. The van der Waals surface area contributed by atoms with Gasteiger partial charge in [-0.05, 0) is 19.3 Å². The van der Waals surface area contributed by atoms with E-state index in [4.69, 9.17) is 16.7 Å². The van der Waals surface area contributed by atoms with Gasteiger partial charge in [-0.2, -0.15) is 0 Å². The topological polar surface area (TPSA) is 49.2 Å². The van der Waals surface area contributed by atoms with Crippen LogP contribution in [-0.4, -0.2) is 35.3 Å². The van der Waals surface area contributed by atoms with E-state index >= 15 is 0 Å². The van der Waals surface area contributed by atoms with E-state index in [1.165, 1.54) is 0 Å². The molecular weight excluding hydrogens is 214 g/mol. The summed E-state index contributed by atoms with van der Waals surface area (Å²) in [7, 11) is 1.95. The summed E-state index contributed by atoms with van der Waals surface area (Å²) in [6.45, 7) is 1.16. The van der Waals surface area contributed by atoms with Crippen LogP contribution in [0.3, 0.4) is 0 Å². The van der Waals surface area contributed by atoms with Crippen LogP contribution in [0.2, 0.25) is 5.02 Å². The molecule has 84 valence electrons. The first-order valence-corrected chi connectivity index (χ1v) is 5.41. The lowest BCUT2D eigenvalue weighted by molar-refractivity contribution is 0.283. The predicted molar refractivity (Wildman–Crippen MR) is 61.2 cm³/mol. The molecule has 0 saturated carbocycles. The molecule has 0 saturated heterocycles. The molecule has 0 aromatic carbocycles. The molecule has 0 unspecified atom stereocenters. The molecule has 0 radical (unpaired) electrons. The Hall–Kier alpha value is -0.870. The van der Waals surface area contributed by atoms with Gasteiger partial charge in [-0.15, -0.1) is 0 Å². The Morgan fingerprint density at radius 2 is 1.93 bits per heavy atom. The van der Waals surface area contributed by atoms with Crippen molar-refractivity contribution in [3.8, 4) is 0 Å². The average Bonchev–Trinajstić information content (AvgIpc) is 2.25. The fourth-order valence-electron chi connectivity index (χ4n) is 1.24. The van der Waals surface area contributed by atoms with Gasteiger partial charge in [0.2, 0.25) is 5.95 Å². The number of unbranched alkanes of at least 4 members (excludes halogenated alkanes) is 2. The van der Waals surface area contributed by atoms with Crippen LogP contribution in [0.15, 0.2) is 12.4 Å². The van der Waals surface area contributed by atoms with Crippen molar-refractivity contribution in [1.82, 2.24) is 9.97 Å². The summed E-state index contributed by atoms with van der Waals surface area (Å²) in [5.41, 5.74) is 0. The number of aliphatic hydroxyl groups excluding tert-OH is 1. The standard InChI is InChI=1S/C10H16ClN3O/c1-14(5-3-2-4-6-15)10-12-7-9(11)8-13-10/h7-8,15H,2-6H2,1H3. The van der Waals surface area contributed by atoms with E-state index in [1.807, 2.05) is 11.9 Å². The molecule has 1 rings (SSSR count). The van der Waals surface area contributed by atoms with Crippen LogP contribution in [0.1, 0.15) is 19.3 Å². The number of hydrogen-bond acceptors (Lipinski definition) is 4. The van der Waals surface area contributed by atoms with Crippen molar-refractivity contribution in [2.75, 3.05) is 25.1 Å². The van der Waals surface area contributed by atoms with Crippen LogP contribution in [-0.2, 0) is 0 Å². The second kappa shape index (κ2) is 6.58. The van der Waals surface area contributed by atoms with Gasteiger partial charge in [-0.1, -0.05) is 11.6 Å². The van der Waals surface area contributed by atoms with Gasteiger partial charge in [0.25, 0.3) is 0 Å². The van der Waals surface area contributed by atoms with E-state index in [0.29, 0.717) is 11.0 Å². The van der Waals surface area contributed by atoms with Crippen molar-refractivity contribution in [1.29, 1.82) is 0 Å². The molecular formula is C10H16ClN3O. The number of rotatable bonds is 6. The quantitative estimate of drug-likeness (QED) is 0.755. The summed E-state index contributed by atoms with van der Waals surface area (Å²) in [4.78, 5) is 10.2. The van der Waals surface area contributed by atoms with Gasteiger partial charge in [0.15, 0.2) is 0 Å². The van der Waals surface area contributed by atoms with Crippen molar-refractivity contribution < 1.29 is 5.11 Å². The highest BCUT2D eigenvalue weighted by Crippen LogP contribution is 2.09. The number of halogens is 1. The number of aromatic nitrogens is 2. The Morgan fingerprint density at radius 1 is 1.27 bits per heavy atom. The van der Waals surface area contributed by atoms with Crippen LogP contribution < -0.4 is 4.90 Å². The molecule has 1 aromatic rings. The zero-order chi connectivity index (χ0) is 11.1. The highest BCUT2D eigenvalue weighted by Gasteiger charge is 2.02. The molecule has 1 aromatic heterocycles. The summed E-state index contributed by atoms with van der Waals surface area (Å²) in [6, 6.07) is 0. The molecule has 15 heavy (non-hydrogen) atoms. The molecule has 0 aliphatic rings. The first-order chi connectivity index (χ1) is 7.24. The minimum Gasteiger partial charge on any atom is -0.396 e. The Morgan fingerprint density at radius 3 is 2.53 bits per heavy atom. The summed E-state index contributed by atoms with van der Waals surface area (Å²) in [5, 5.41) is 9.17. The third-order valence-electron chi connectivity index (χ3n) is 2.10. The van der Waals surface area contributed by atoms with Gasteiger partial charge in [-0.3, -0.25) is 0 Å². The predicted octanol–water partition coefficient (Wildman–Crippen LogP) is 1.73.